The number of anilines is 1. The zero-order valence-electron chi connectivity index (χ0n) is 20.8. The SMILES string of the molecule is COc1ccc(-c2oc(/N=C/c3ccc(N(C)C)c([N+](=O)[O-])c3)c(C#N)c2-c2ccc(OC)cc2)cc1. The van der Waals surface area contributed by atoms with Gasteiger partial charge in [-0.15, -0.1) is 0 Å². The minimum atomic E-state index is -0.441. The van der Waals surface area contributed by atoms with Crippen molar-refractivity contribution < 1.29 is 18.8 Å². The molecule has 0 radical (unpaired) electrons. The molecule has 0 atom stereocenters. The van der Waals surface area contributed by atoms with Crippen LogP contribution in [0.2, 0.25) is 0 Å². The monoisotopic (exact) mass is 496 g/mol. The molecule has 4 aromatic rings. The third kappa shape index (κ3) is 5.13. The number of rotatable bonds is 8. The Kier molecular flexibility index (Phi) is 7.21. The molecule has 1 aromatic heterocycles. The molecule has 0 amide bonds. The molecule has 0 saturated carbocycles. The first-order chi connectivity index (χ1) is 17.9. The molecular formula is C28H24N4O5. The smallest absolute Gasteiger partial charge is 0.293 e. The van der Waals surface area contributed by atoms with Crippen LogP contribution in [-0.4, -0.2) is 39.5 Å². The van der Waals surface area contributed by atoms with Crippen molar-refractivity contribution in [3.8, 4) is 40.0 Å². The van der Waals surface area contributed by atoms with E-state index in [0.717, 1.165) is 11.1 Å². The van der Waals surface area contributed by atoms with Crippen molar-refractivity contribution in [1.29, 1.82) is 5.26 Å². The molecule has 0 unspecified atom stereocenters. The molecule has 186 valence electrons. The van der Waals surface area contributed by atoms with E-state index in [4.69, 9.17) is 13.9 Å². The van der Waals surface area contributed by atoms with Crippen LogP contribution in [0.4, 0.5) is 17.3 Å². The highest BCUT2D eigenvalue weighted by Gasteiger charge is 2.23. The van der Waals surface area contributed by atoms with Gasteiger partial charge in [0.25, 0.3) is 5.69 Å². The van der Waals surface area contributed by atoms with Crippen LogP contribution in [0.3, 0.4) is 0 Å². The van der Waals surface area contributed by atoms with E-state index in [-0.39, 0.29) is 17.1 Å². The van der Waals surface area contributed by atoms with Crippen LogP contribution in [-0.2, 0) is 0 Å². The molecule has 0 saturated heterocycles. The van der Waals surface area contributed by atoms with Gasteiger partial charge in [0, 0.05) is 37.5 Å². The van der Waals surface area contributed by atoms with Crippen molar-refractivity contribution >= 4 is 23.5 Å². The van der Waals surface area contributed by atoms with Crippen LogP contribution < -0.4 is 14.4 Å². The first-order valence-corrected chi connectivity index (χ1v) is 11.2. The van der Waals surface area contributed by atoms with Gasteiger partial charge >= 0.3 is 0 Å². The summed E-state index contributed by atoms with van der Waals surface area (Å²) in [7, 11) is 6.64. The molecule has 0 bridgehead atoms. The van der Waals surface area contributed by atoms with E-state index in [0.29, 0.717) is 34.1 Å². The number of nitro benzene ring substituents is 1. The number of nitriles is 1. The number of aliphatic imine (C=N–C) groups is 1. The molecule has 0 N–H and O–H groups in total. The second kappa shape index (κ2) is 10.7. The molecule has 0 aliphatic rings. The van der Waals surface area contributed by atoms with Gasteiger partial charge in [-0.3, -0.25) is 10.1 Å². The van der Waals surface area contributed by atoms with E-state index in [1.807, 2.05) is 24.3 Å². The summed E-state index contributed by atoms with van der Waals surface area (Å²) in [6, 6.07) is 21.6. The van der Waals surface area contributed by atoms with Crippen LogP contribution in [0.1, 0.15) is 11.1 Å². The Hall–Kier alpha value is -5.10. The maximum atomic E-state index is 11.6. The van der Waals surface area contributed by atoms with E-state index in [9.17, 15) is 15.4 Å². The van der Waals surface area contributed by atoms with Gasteiger partial charge in [0.2, 0.25) is 5.88 Å². The topological polar surface area (TPSA) is 114 Å². The predicted octanol–water partition coefficient (Wildman–Crippen LogP) is 6.23. The Morgan fingerprint density at radius 1 is 0.973 bits per heavy atom. The Balaban J connectivity index is 1.84. The first-order valence-electron chi connectivity index (χ1n) is 11.2. The van der Waals surface area contributed by atoms with Gasteiger partial charge in [-0.25, -0.2) is 4.99 Å². The summed E-state index contributed by atoms with van der Waals surface area (Å²) in [5, 5.41) is 21.7. The highest BCUT2D eigenvalue weighted by atomic mass is 16.6. The lowest BCUT2D eigenvalue weighted by molar-refractivity contribution is -0.384. The summed E-state index contributed by atoms with van der Waals surface area (Å²) in [6.45, 7) is 0. The quantitative estimate of drug-likeness (QED) is 0.161. The molecule has 9 heteroatoms. The Bertz CT molecular complexity index is 1500. The second-order valence-electron chi connectivity index (χ2n) is 8.21. The zero-order chi connectivity index (χ0) is 26.5. The lowest BCUT2D eigenvalue weighted by Crippen LogP contribution is -2.11. The minimum absolute atomic E-state index is 0.0493. The number of nitrogens with zero attached hydrogens (tertiary/aromatic N) is 4. The predicted molar refractivity (Wildman–Crippen MR) is 142 cm³/mol. The summed E-state index contributed by atoms with van der Waals surface area (Å²) in [5.74, 6) is 1.92. The Morgan fingerprint density at radius 3 is 2.08 bits per heavy atom. The summed E-state index contributed by atoms with van der Waals surface area (Å²) < 4.78 is 16.7. The van der Waals surface area contributed by atoms with Gasteiger partial charge < -0.3 is 18.8 Å². The highest BCUT2D eigenvalue weighted by Crippen LogP contribution is 2.43. The fraction of sp³-hybridized carbons (Fsp3) is 0.143. The molecule has 0 spiro atoms. The van der Waals surface area contributed by atoms with E-state index >= 15 is 0 Å². The van der Waals surface area contributed by atoms with Crippen molar-refractivity contribution in [2.24, 2.45) is 4.99 Å². The average Bonchev–Trinajstić information content (AvgIpc) is 3.30. The maximum Gasteiger partial charge on any atom is 0.293 e. The van der Waals surface area contributed by atoms with E-state index in [2.05, 4.69) is 11.1 Å². The third-order valence-electron chi connectivity index (χ3n) is 5.74. The Labute approximate surface area is 214 Å². The number of nitro groups is 1. The van der Waals surface area contributed by atoms with Crippen LogP contribution in [0.5, 0.6) is 11.5 Å². The van der Waals surface area contributed by atoms with Crippen molar-refractivity contribution in [2.45, 2.75) is 0 Å². The summed E-state index contributed by atoms with van der Waals surface area (Å²) >= 11 is 0. The number of hydrogen-bond donors (Lipinski definition) is 0. The van der Waals surface area contributed by atoms with Gasteiger partial charge in [0.05, 0.1) is 19.1 Å². The van der Waals surface area contributed by atoms with Gasteiger partial charge in [-0.1, -0.05) is 18.2 Å². The third-order valence-corrected chi connectivity index (χ3v) is 5.74. The summed E-state index contributed by atoms with van der Waals surface area (Å²) in [4.78, 5) is 17.2. The van der Waals surface area contributed by atoms with Crippen LogP contribution in [0.15, 0.2) is 76.1 Å². The lowest BCUT2D eigenvalue weighted by atomic mass is 9.98. The molecule has 0 aliphatic carbocycles. The van der Waals surface area contributed by atoms with Gasteiger partial charge in [-0.2, -0.15) is 5.26 Å². The number of hydrogen-bond acceptors (Lipinski definition) is 8. The normalized spacial score (nSPS) is 10.8. The maximum absolute atomic E-state index is 11.6. The zero-order valence-corrected chi connectivity index (χ0v) is 20.8. The number of furan rings is 1. The van der Waals surface area contributed by atoms with Crippen molar-refractivity contribution in [3.05, 3.63) is 88.0 Å². The van der Waals surface area contributed by atoms with Crippen LogP contribution in [0.25, 0.3) is 22.5 Å². The van der Waals surface area contributed by atoms with Gasteiger partial charge in [-0.05, 0) is 53.6 Å². The highest BCUT2D eigenvalue weighted by molar-refractivity contribution is 5.90. The van der Waals surface area contributed by atoms with Crippen molar-refractivity contribution in [1.82, 2.24) is 0 Å². The molecule has 4 rings (SSSR count). The molecule has 0 aliphatic heterocycles. The molecule has 9 nitrogen and oxygen atoms in total. The average molecular weight is 497 g/mol. The molecule has 3 aromatic carbocycles. The molecular weight excluding hydrogens is 472 g/mol. The Morgan fingerprint density at radius 2 is 1.57 bits per heavy atom. The van der Waals surface area contributed by atoms with Gasteiger partial charge in [0.15, 0.2) is 0 Å². The second-order valence-corrected chi connectivity index (χ2v) is 8.21. The minimum Gasteiger partial charge on any atom is -0.497 e. The van der Waals surface area contributed by atoms with E-state index in [1.165, 1.54) is 12.3 Å². The number of benzene rings is 3. The van der Waals surface area contributed by atoms with Crippen molar-refractivity contribution in [3.63, 3.8) is 0 Å². The number of methoxy groups -OCH3 is 2. The molecule has 0 fully saturated rings. The van der Waals surface area contributed by atoms with E-state index < -0.39 is 4.92 Å². The van der Waals surface area contributed by atoms with E-state index in [1.54, 1.807) is 69.6 Å². The van der Waals surface area contributed by atoms with Crippen LogP contribution in [0, 0.1) is 21.4 Å². The molecule has 37 heavy (non-hydrogen) atoms. The fourth-order valence-corrected chi connectivity index (χ4v) is 3.87. The lowest BCUT2D eigenvalue weighted by Gasteiger charge is -2.12. The number of ether oxygens (including phenoxy) is 2. The van der Waals surface area contributed by atoms with Crippen molar-refractivity contribution in [2.75, 3.05) is 33.2 Å². The largest absolute Gasteiger partial charge is 0.497 e. The summed E-state index contributed by atoms with van der Waals surface area (Å²) in [5.41, 5.74) is 3.22. The van der Waals surface area contributed by atoms with Crippen LogP contribution >= 0.6 is 0 Å². The summed E-state index contributed by atoms with van der Waals surface area (Å²) in [6.07, 6.45) is 1.45. The standard InChI is InChI=1S/C28H24N4O5/c1-31(2)24-14-5-18(15-25(24)32(33)34)17-30-28-23(16-29)26(19-6-10-21(35-3)11-7-19)27(37-28)20-8-12-22(36-4)13-9-20/h5-15,17H,1-4H3/b30-17+. The fourth-order valence-electron chi connectivity index (χ4n) is 3.87. The molecule has 1 heterocycles. The first kappa shape index (κ1) is 25.0. The van der Waals surface area contributed by atoms with Gasteiger partial charge in [0.1, 0.15) is 34.6 Å².